The maximum Gasteiger partial charge on any atom is 0.501 e. The molecule has 0 radical (unpaired) electrons. The number of rotatable bonds is 5. The van der Waals surface area contributed by atoms with Crippen molar-refractivity contribution in [3.63, 3.8) is 0 Å². The fourth-order valence-corrected chi connectivity index (χ4v) is 2.55. The standard InChI is InChI=1S/C11H10F3N5O4S/c1-18-10(16-6-17-18)5-15-8-3-2-7(4-9(8)19(20)21)24(22,23)11(12,13)14/h2-4,6,15H,5H2,1H3. The second-order valence-electron chi connectivity index (χ2n) is 4.54. The SMILES string of the molecule is Cn1ncnc1CNc1ccc(S(=O)(=O)C(F)(F)F)cc1[N+](=O)[O-]. The Kier molecular flexibility index (Phi) is 4.46. The van der Waals surface area contributed by atoms with Gasteiger partial charge in [-0.25, -0.2) is 13.4 Å². The summed E-state index contributed by atoms with van der Waals surface area (Å²) in [6, 6.07) is 1.91. The number of nitro groups is 1. The Labute approximate surface area is 133 Å². The van der Waals surface area contributed by atoms with Crippen molar-refractivity contribution in [2.45, 2.75) is 16.9 Å². The first kappa shape index (κ1) is 17.7. The van der Waals surface area contributed by atoms with Crippen LogP contribution in [-0.2, 0) is 23.4 Å². The molecule has 1 N–H and O–H groups in total. The quantitative estimate of drug-likeness (QED) is 0.631. The molecule has 130 valence electrons. The van der Waals surface area contributed by atoms with Crippen molar-refractivity contribution in [3.05, 3.63) is 40.5 Å². The number of nitro benzene ring substituents is 1. The lowest BCUT2D eigenvalue weighted by Crippen LogP contribution is -2.23. The highest BCUT2D eigenvalue weighted by atomic mass is 32.2. The molecule has 0 amide bonds. The average molecular weight is 365 g/mol. The third kappa shape index (κ3) is 3.29. The van der Waals surface area contributed by atoms with E-state index in [2.05, 4.69) is 15.4 Å². The van der Waals surface area contributed by atoms with Crippen LogP contribution >= 0.6 is 0 Å². The van der Waals surface area contributed by atoms with Gasteiger partial charge in [-0.15, -0.1) is 0 Å². The lowest BCUT2D eigenvalue weighted by molar-refractivity contribution is -0.384. The summed E-state index contributed by atoms with van der Waals surface area (Å²) in [5.41, 5.74) is -6.50. The molecule has 2 rings (SSSR count). The average Bonchev–Trinajstić information content (AvgIpc) is 2.89. The lowest BCUT2D eigenvalue weighted by Gasteiger charge is -2.10. The van der Waals surface area contributed by atoms with Crippen LogP contribution in [0.15, 0.2) is 29.4 Å². The molecule has 0 unspecified atom stereocenters. The first-order valence-electron chi connectivity index (χ1n) is 6.20. The van der Waals surface area contributed by atoms with Gasteiger partial charge in [0.25, 0.3) is 15.5 Å². The zero-order valence-electron chi connectivity index (χ0n) is 12.0. The molecular weight excluding hydrogens is 355 g/mol. The summed E-state index contributed by atoms with van der Waals surface area (Å²) in [6.07, 6.45) is 1.25. The van der Waals surface area contributed by atoms with Gasteiger partial charge in [-0.1, -0.05) is 0 Å². The molecule has 0 fully saturated rings. The molecule has 0 spiro atoms. The maximum absolute atomic E-state index is 12.5. The van der Waals surface area contributed by atoms with Gasteiger partial charge in [0.05, 0.1) is 16.4 Å². The molecule has 0 saturated carbocycles. The molecule has 1 aromatic heterocycles. The third-order valence-electron chi connectivity index (χ3n) is 3.02. The smallest absolute Gasteiger partial charge is 0.372 e. The number of aromatic nitrogens is 3. The number of benzene rings is 1. The molecule has 1 heterocycles. The molecule has 2 aromatic rings. The molecule has 0 bridgehead atoms. The van der Waals surface area contributed by atoms with E-state index in [1.165, 1.54) is 11.0 Å². The third-order valence-corrected chi connectivity index (χ3v) is 4.51. The van der Waals surface area contributed by atoms with Gasteiger partial charge >= 0.3 is 5.51 Å². The van der Waals surface area contributed by atoms with Crippen molar-refractivity contribution >= 4 is 21.2 Å². The van der Waals surface area contributed by atoms with Crippen LogP contribution in [0.5, 0.6) is 0 Å². The summed E-state index contributed by atoms with van der Waals surface area (Å²) < 4.78 is 61.7. The van der Waals surface area contributed by atoms with Crippen molar-refractivity contribution in [1.29, 1.82) is 0 Å². The van der Waals surface area contributed by atoms with E-state index in [-0.39, 0.29) is 12.2 Å². The van der Waals surface area contributed by atoms with E-state index in [4.69, 9.17) is 0 Å². The van der Waals surface area contributed by atoms with Gasteiger partial charge in [-0.05, 0) is 12.1 Å². The zero-order chi connectivity index (χ0) is 18.1. The van der Waals surface area contributed by atoms with Crippen molar-refractivity contribution in [2.75, 3.05) is 5.32 Å². The maximum atomic E-state index is 12.5. The summed E-state index contributed by atoms with van der Waals surface area (Å²) in [6.45, 7) is 0.00269. The second-order valence-corrected chi connectivity index (χ2v) is 6.48. The molecule has 0 saturated heterocycles. The largest absolute Gasteiger partial charge is 0.501 e. The van der Waals surface area contributed by atoms with Crippen molar-refractivity contribution in [3.8, 4) is 0 Å². The van der Waals surface area contributed by atoms with Crippen LogP contribution in [0.4, 0.5) is 24.5 Å². The van der Waals surface area contributed by atoms with E-state index in [0.29, 0.717) is 18.0 Å². The van der Waals surface area contributed by atoms with Crippen LogP contribution in [0.1, 0.15) is 5.82 Å². The van der Waals surface area contributed by atoms with E-state index in [1.54, 1.807) is 7.05 Å². The minimum absolute atomic E-state index is 0.00269. The summed E-state index contributed by atoms with van der Waals surface area (Å²) in [5.74, 6) is 0.413. The van der Waals surface area contributed by atoms with Gasteiger partial charge < -0.3 is 5.32 Å². The number of sulfone groups is 1. The van der Waals surface area contributed by atoms with Crippen LogP contribution < -0.4 is 5.32 Å². The van der Waals surface area contributed by atoms with E-state index in [1.807, 2.05) is 0 Å². The zero-order valence-corrected chi connectivity index (χ0v) is 12.8. The molecule has 0 aliphatic carbocycles. The van der Waals surface area contributed by atoms with Gasteiger partial charge in [-0.2, -0.15) is 18.3 Å². The minimum atomic E-state index is -5.67. The van der Waals surface area contributed by atoms with Crippen molar-refractivity contribution in [1.82, 2.24) is 14.8 Å². The lowest BCUT2D eigenvalue weighted by atomic mass is 10.2. The number of hydrogen-bond acceptors (Lipinski definition) is 7. The van der Waals surface area contributed by atoms with Gasteiger partial charge in [0.2, 0.25) is 0 Å². The summed E-state index contributed by atoms with van der Waals surface area (Å²) in [5, 5.41) is 17.4. The van der Waals surface area contributed by atoms with Crippen molar-refractivity contribution < 1.29 is 26.5 Å². The molecule has 1 aromatic carbocycles. The molecule has 0 aliphatic rings. The summed E-state index contributed by atoms with van der Waals surface area (Å²) in [7, 11) is -4.09. The fraction of sp³-hybridized carbons (Fsp3) is 0.273. The van der Waals surface area contributed by atoms with Crippen LogP contribution in [0.25, 0.3) is 0 Å². The predicted octanol–water partition coefficient (Wildman–Crippen LogP) is 1.63. The van der Waals surface area contributed by atoms with Crippen molar-refractivity contribution in [2.24, 2.45) is 7.05 Å². The van der Waals surface area contributed by atoms with E-state index in [0.717, 1.165) is 6.07 Å². The second kappa shape index (κ2) is 6.07. The molecular formula is C11H10F3N5O4S. The minimum Gasteiger partial charge on any atom is -0.372 e. The van der Waals surface area contributed by atoms with Crippen LogP contribution in [0.2, 0.25) is 0 Å². The van der Waals surface area contributed by atoms with E-state index >= 15 is 0 Å². The molecule has 0 aliphatic heterocycles. The van der Waals surface area contributed by atoms with Gasteiger partial charge in [-0.3, -0.25) is 14.8 Å². The molecule has 24 heavy (non-hydrogen) atoms. The molecule has 13 heteroatoms. The highest BCUT2D eigenvalue weighted by molar-refractivity contribution is 7.92. The number of anilines is 1. The van der Waals surface area contributed by atoms with E-state index in [9.17, 15) is 31.7 Å². The van der Waals surface area contributed by atoms with Crippen LogP contribution in [-0.4, -0.2) is 33.6 Å². The Morgan fingerprint density at radius 2 is 2.04 bits per heavy atom. The van der Waals surface area contributed by atoms with E-state index < -0.39 is 30.9 Å². The monoisotopic (exact) mass is 365 g/mol. The Morgan fingerprint density at radius 1 is 1.38 bits per heavy atom. The highest BCUT2D eigenvalue weighted by Gasteiger charge is 2.47. The molecule has 0 atom stereocenters. The topological polar surface area (TPSA) is 120 Å². The fourth-order valence-electron chi connectivity index (χ4n) is 1.77. The summed E-state index contributed by atoms with van der Waals surface area (Å²) >= 11 is 0. The molecule has 9 nitrogen and oxygen atoms in total. The Hall–Kier alpha value is -2.70. The Bertz CT molecular complexity index is 878. The number of nitrogens with zero attached hydrogens (tertiary/aromatic N) is 4. The Balaban J connectivity index is 2.38. The van der Waals surface area contributed by atoms with Gasteiger partial charge in [0.15, 0.2) is 0 Å². The number of hydrogen-bond donors (Lipinski definition) is 1. The Morgan fingerprint density at radius 3 is 2.54 bits per heavy atom. The first-order chi connectivity index (χ1) is 11.0. The van der Waals surface area contributed by atoms with Gasteiger partial charge in [0.1, 0.15) is 17.8 Å². The highest BCUT2D eigenvalue weighted by Crippen LogP contribution is 2.34. The summed E-state index contributed by atoms with van der Waals surface area (Å²) in [4.78, 5) is 12.7. The normalized spacial score (nSPS) is 12.2. The number of alkyl halides is 3. The number of aryl methyl sites for hydroxylation is 1. The van der Waals surface area contributed by atoms with Crippen LogP contribution in [0, 0.1) is 10.1 Å². The van der Waals surface area contributed by atoms with Crippen LogP contribution in [0.3, 0.4) is 0 Å². The van der Waals surface area contributed by atoms with Gasteiger partial charge in [0, 0.05) is 13.1 Å². The number of nitrogens with one attached hydrogen (secondary N) is 1. The predicted molar refractivity (Wildman–Crippen MR) is 74.7 cm³/mol. The first-order valence-corrected chi connectivity index (χ1v) is 7.69. The number of halogens is 3.